The summed E-state index contributed by atoms with van der Waals surface area (Å²) in [5.74, 6) is 0.0770. The van der Waals surface area contributed by atoms with Crippen molar-refractivity contribution in [2.24, 2.45) is 0 Å². The van der Waals surface area contributed by atoms with Gasteiger partial charge in [-0.2, -0.15) is 5.10 Å². The van der Waals surface area contributed by atoms with Gasteiger partial charge in [0.1, 0.15) is 5.69 Å². The SMILES string of the molecule is CCCCC(=O)Nc1cncc(-c2ccc3[nH]nc(-c4cc5c(-c6ccc(C(C)=O)s6)cccc5[nH]4)c3c2)c1. The Balaban J connectivity index is 1.36. The zero-order valence-electron chi connectivity index (χ0n) is 21.7. The van der Waals surface area contributed by atoms with Crippen LogP contribution in [0, 0.1) is 0 Å². The van der Waals surface area contributed by atoms with E-state index in [0.717, 1.165) is 72.5 Å². The third-order valence-corrected chi connectivity index (χ3v) is 8.03. The molecule has 194 valence electrons. The fraction of sp³-hybridized carbons (Fsp3) is 0.161. The minimum Gasteiger partial charge on any atom is -0.353 e. The van der Waals surface area contributed by atoms with Gasteiger partial charge in [0, 0.05) is 44.9 Å². The van der Waals surface area contributed by atoms with Crippen LogP contribution >= 0.6 is 11.3 Å². The minimum atomic E-state index is 0.00150. The highest BCUT2D eigenvalue weighted by molar-refractivity contribution is 7.17. The van der Waals surface area contributed by atoms with E-state index in [9.17, 15) is 9.59 Å². The molecular weight excluding hydrogens is 506 g/mol. The number of thiophene rings is 1. The van der Waals surface area contributed by atoms with E-state index in [1.54, 1.807) is 19.3 Å². The lowest BCUT2D eigenvalue weighted by Gasteiger charge is -2.07. The van der Waals surface area contributed by atoms with Gasteiger partial charge in [-0.25, -0.2) is 0 Å². The maximum atomic E-state index is 12.2. The number of ketones is 1. The zero-order chi connectivity index (χ0) is 26.9. The van der Waals surface area contributed by atoms with Gasteiger partial charge in [-0.1, -0.05) is 31.5 Å². The number of carbonyl (C=O) groups excluding carboxylic acids is 2. The molecule has 0 unspecified atom stereocenters. The monoisotopic (exact) mass is 533 g/mol. The first-order chi connectivity index (χ1) is 19.0. The van der Waals surface area contributed by atoms with Gasteiger partial charge in [0.05, 0.1) is 28.0 Å². The first-order valence-corrected chi connectivity index (χ1v) is 13.8. The van der Waals surface area contributed by atoms with Crippen molar-refractivity contribution in [3.05, 3.63) is 77.9 Å². The number of aromatic amines is 2. The Morgan fingerprint density at radius 1 is 0.949 bits per heavy atom. The van der Waals surface area contributed by atoms with Gasteiger partial charge in [0.15, 0.2) is 5.78 Å². The molecule has 0 bridgehead atoms. The van der Waals surface area contributed by atoms with E-state index < -0.39 is 0 Å². The lowest BCUT2D eigenvalue weighted by molar-refractivity contribution is -0.116. The topological polar surface area (TPSA) is 104 Å². The predicted molar refractivity (Wildman–Crippen MR) is 158 cm³/mol. The van der Waals surface area contributed by atoms with Crippen LogP contribution in [0.4, 0.5) is 5.69 Å². The highest BCUT2D eigenvalue weighted by Gasteiger charge is 2.16. The number of H-pyrrole nitrogens is 2. The number of aromatic nitrogens is 4. The second kappa shape index (κ2) is 10.3. The Hall–Kier alpha value is -4.56. The highest BCUT2D eigenvalue weighted by Crippen LogP contribution is 2.37. The van der Waals surface area contributed by atoms with Crippen molar-refractivity contribution >= 4 is 50.5 Å². The highest BCUT2D eigenvalue weighted by atomic mass is 32.1. The number of carbonyl (C=O) groups is 2. The van der Waals surface area contributed by atoms with Crippen LogP contribution in [0.2, 0.25) is 0 Å². The number of benzene rings is 2. The van der Waals surface area contributed by atoms with E-state index in [1.807, 2.05) is 42.5 Å². The number of anilines is 1. The number of hydrogen-bond donors (Lipinski definition) is 3. The molecule has 4 heterocycles. The Labute approximate surface area is 229 Å². The molecule has 0 fully saturated rings. The van der Waals surface area contributed by atoms with E-state index in [-0.39, 0.29) is 11.7 Å². The van der Waals surface area contributed by atoms with Crippen LogP contribution in [-0.2, 0) is 4.79 Å². The van der Waals surface area contributed by atoms with Crippen LogP contribution in [0.25, 0.3) is 54.8 Å². The number of pyridine rings is 1. The first kappa shape index (κ1) is 24.8. The molecule has 0 radical (unpaired) electrons. The summed E-state index contributed by atoms with van der Waals surface area (Å²) in [4.78, 5) is 33.8. The number of unbranched alkanes of at least 4 members (excludes halogenated alkanes) is 1. The molecule has 1 amide bonds. The summed E-state index contributed by atoms with van der Waals surface area (Å²) < 4.78 is 0. The smallest absolute Gasteiger partial charge is 0.224 e. The molecule has 6 rings (SSSR count). The van der Waals surface area contributed by atoms with Crippen LogP contribution in [0.3, 0.4) is 0 Å². The number of rotatable bonds is 8. The average molecular weight is 534 g/mol. The van der Waals surface area contributed by atoms with Crippen molar-refractivity contribution in [3.8, 4) is 33.0 Å². The molecular formula is C31H27N5O2S. The lowest BCUT2D eigenvalue weighted by Crippen LogP contribution is -2.11. The molecule has 39 heavy (non-hydrogen) atoms. The van der Waals surface area contributed by atoms with Crippen LogP contribution < -0.4 is 5.32 Å². The Bertz CT molecular complexity index is 1840. The number of nitrogens with zero attached hydrogens (tertiary/aromatic N) is 2. The Kier molecular flexibility index (Phi) is 6.54. The number of fused-ring (bicyclic) bond motifs is 2. The van der Waals surface area contributed by atoms with Crippen LogP contribution in [0.15, 0.2) is 73.1 Å². The summed E-state index contributed by atoms with van der Waals surface area (Å²) in [5, 5.41) is 12.8. The van der Waals surface area contributed by atoms with E-state index in [4.69, 9.17) is 0 Å². The van der Waals surface area contributed by atoms with Crippen LogP contribution in [0.5, 0.6) is 0 Å². The first-order valence-electron chi connectivity index (χ1n) is 13.0. The van der Waals surface area contributed by atoms with E-state index >= 15 is 0 Å². The molecule has 0 aliphatic carbocycles. The van der Waals surface area contributed by atoms with Gasteiger partial charge in [0.2, 0.25) is 5.91 Å². The summed E-state index contributed by atoms with van der Waals surface area (Å²) in [6.45, 7) is 3.66. The molecule has 6 aromatic rings. The number of amides is 1. The summed E-state index contributed by atoms with van der Waals surface area (Å²) in [5.41, 5.74) is 7.31. The normalized spacial score (nSPS) is 11.3. The molecule has 8 heteroatoms. The molecule has 0 atom stereocenters. The second-order valence-electron chi connectivity index (χ2n) is 9.62. The summed E-state index contributed by atoms with van der Waals surface area (Å²) >= 11 is 1.51. The summed E-state index contributed by atoms with van der Waals surface area (Å²) in [6, 6.07) is 20.2. The fourth-order valence-corrected chi connectivity index (χ4v) is 5.74. The lowest BCUT2D eigenvalue weighted by atomic mass is 10.0. The maximum absolute atomic E-state index is 12.2. The van der Waals surface area contributed by atoms with Crippen molar-refractivity contribution < 1.29 is 9.59 Å². The van der Waals surface area contributed by atoms with E-state index in [0.29, 0.717) is 12.1 Å². The molecule has 0 saturated heterocycles. The van der Waals surface area contributed by atoms with Gasteiger partial charge in [-0.3, -0.25) is 19.7 Å². The Morgan fingerprint density at radius 2 is 1.85 bits per heavy atom. The van der Waals surface area contributed by atoms with Crippen molar-refractivity contribution in [2.75, 3.05) is 5.32 Å². The summed E-state index contributed by atoms with van der Waals surface area (Å²) in [6.07, 6.45) is 5.81. The fourth-order valence-electron chi connectivity index (χ4n) is 4.80. The van der Waals surface area contributed by atoms with Gasteiger partial charge >= 0.3 is 0 Å². The van der Waals surface area contributed by atoms with Gasteiger partial charge in [0.25, 0.3) is 0 Å². The van der Waals surface area contributed by atoms with Crippen molar-refractivity contribution in [3.63, 3.8) is 0 Å². The van der Waals surface area contributed by atoms with Gasteiger partial charge in [-0.15, -0.1) is 11.3 Å². The largest absolute Gasteiger partial charge is 0.353 e. The molecule has 0 aliphatic heterocycles. The molecule has 4 aromatic heterocycles. The van der Waals surface area contributed by atoms with Gasteiger partial charge < -0.3 is 10.3 Å². The maximum Gasteiger partial charge on any atom is 0.224 e. The molecule has 0 aliphatic rings. The predicted octanol–water partition coefficient (Wildman–Crippen LogP) is 7.83. The average Bonchev–Trinajstić information content (AvgIpc) is 3.69. The van der Waals surface area contributed by atoms with Crippen molar-refractivity contribution in [1.82, 2.24) is 20.2 Å². The minimum absolute atomic E-state index is 0.00150. The molecule has 7 nitrogen and oxygen atoms in total. The molecule has 3 N–H and O–H groups in total. The van der Waals surface area contributed by atoms with Crippen LogP contribution in [-0.4, -0.2) is 31.9 Å². The third kappa shape index (κ3) is 4.86. The standard InChI is InChI=1S/C31H27N5O2S/c1-3-4-8-30(38)33-21-13-20(16-32-17-21)19-9-10-26-24(14-19)31(36-35-26)27-15-23-22(6-5-7-25(23)34-27)29-12-11-28(39-29)18(2)37/h5-7,9-17,34H,3-4,8H2,1-2H3,(H,33,38)(H,35,36). The van der Waals surface area contributed by atoms with Crippen molar-refractivity contribution in [1.29, 1.82) is 0 Å². The zero-order valence-corrected chi connectivity index (χ0v) is 22.5. The Morgan fingerprint density at radius 3 is 2.67 bits per heavy atom. The summed E-state index contributed by atoms with van der Waals surface area (Å²) in [7, 11) is 0. The van der Waals surface area contributed by atoms with E-state index in [2.05, 4.69) is 50.6 Å². The van der Waals surface area contributed by atoms with E-state index in [1.165, 1.54) is 11.3 Å². The molecule has 0 saturated carbocycles. The van der Waals surface area contributed by atoms with Gasteiger partial charge in [-0.05, 0) is 61.4 Å². The number of hydrogen-bond acceptors (Lipinski definition) is 5. The quantitative estimate of drug-likeness (QED) is 0.173. The third-order valence-electron chi connectivity index (χ3n) is 6.81. The second-order valence-corrected chi connectivity index (χ2v) is 10.7. The number of Topliss-reactive ketones (excluding diaryl/α,β-unsaturated/α-hetero) is 1. The van der Waals surface area contributed by atoms with Crippen molar-refractivity contribution in [2.45, 2.75) is 33.1 Å². The van der Waals surface area contributed by atoms with Crippen LogP contribution in [0.1, 0.15) is 42.8 Å². The molecule has 0 spiro atoms. The number of nitrogens with one attached hydrogen (secondary N) is 3. The molecule has 2 aromatic carbocycles.